The number of aliphatic hydroxyl groups is 1. The van der Waals surface area contributed by atoms with Crippen molar-refractivity contribution in [3.63, 3.8) is 0 Å². The highest BCUT2D eigenvalue weighted by Gasteiger charge is 2.30. The second kappa shape index (κ2) is 15.8. The molecule has 4 N–H and O–H groups in total. The summed E-state index contributed by atoms with van der Waals surface area (Å²) in [6.07, 6.45) is 7.61. The van der Waals surface area contributed by atoms with Gasteiger partial charge in [-0.3, -0.25) is 19.5 Å². The van der Waals surface area contributed by atoms with Crippen LogP contribution in [0.15, 0.2) is 53.2 Å². The summed E-state index contributed by atoms with van der Waals surface area (Å²) in [6.45, 7) is 9.12. The Bertz CT molecular complexity index is 1380. The highest BCUT2D eigenvalue weighted by molar-refractivity contribution is 8.05. The van der Waals surface area contributed by atoms with E-state index in [0.717, 1.165) is 98.5 Å². The van der Waals surface area contributed by atoms with Gasteiger partial charge in [0.1, 0.15) is 5.75 Å². The van der Waals surface area contributed by atoms with E-state index in [1.54, 1.807) is 7.11 Å². The molecule has 2 unspecified atom stereocenters. The van der Waals surface area contributed by atoms with Crippen LogP contribution in [0, 0.1) is 0 Å². The maximum absolute atomic E-state index is 13.3. The number of nitrogens with two attached hydrogens (primary N) is 1. The van der Waals surface area contributed by atoms with Crippen LogP contribution in [0.5, 0.6) is 5.75 Å². The van der Waals surface area contributed by atoms with Gasteiger partial charge in [-0.2, -0.15) is 0 Å². The summed E-state index contributed by atoms with van der Waals surface area (Å²) in [4.78, 5) is 36.4. The van der Waals surface area contributed by atoms with Crippen molar-refractivity contribution in [2.24, 2.45) is 5.73 Å². The van der Waals surface area contributed by atoms with Gasteiger partial charge in [0.15, 0.2) is 0 Å². The van der Waals surface area contributed by atoms with Crippen molar-refractivity contribution in [3.8, 4) is 5.75 Å². The molecule has 3 fully saturated rings. The molecule has 0 spiro atoms. The molecule has 1 aromatic carbocycles. The summed E-state index contributed by atoms with van der Waals surface area (Å²) in [5, 5.41) is 16.9. The number of carbonyl (C=O) groups is 2. The molecule has 0 aliphatic carbocycles. The van der Waals surface area contributed by atoms with E-state index in [2.05, 4.69) is 33.8 Å². The van der Waals surface area contributed by atoms with Crippen LogP contribution >= 0.6 is 11.8 Å². The molecule has 3 aliphatic rings. The van der Waals surface area contributed by atoms with Crippen molar-refractivity contribution in [3.05, 3.63) is 58.7 Å². The molecule has 2 atom stereocenters. The van der Waals surface area contributed by atoms with Gasteiger partial charge in [-0.1, -0.05) is 24.4 Å². The summed E-state index contributed by atoms with van der Waals surface area (Å²) in [7, 11) is 1.72. The summed E-state index contributed by atoms with van der Waals surface area (Å²) in [5.41, 5.74) is 9.59. The van der Waals surface area contributed by atoms with Gasteiger partial charge in [-0.05, 0) is 81.1 Å². The first-order valence-corrected chi connectivity index (χ1v) is 17.2. The Balaban J connectivity index is 1.29. The molecule has 0 radical (unpaired) electrons. The SMILES string of the molecule is C=C(S/C=C(\N)C(CC(=O)NCCN1CCCC1=O)N1CCCC(c2c(OC)ccc3cccnc23)CC1)N1CCC(O)CC1. The van der Waals surface area contributed by atoms with Crippen molar-refractivity contribution < 1.29 is 19.4 Å². The topological polar surface area (TPSA) is 124 Å². The van der Waals surface area contributed by atoms with Crippen LogP contribution in [0.2, 0.25) is 0 Å². The van der Waals surface area contributed by atoms with Crippen molar-refractivity contribution in [1.29, 1.82) is 0 Å². The highest BCUT2D eigenvalue weighted by Crippen LogP contribution is 2.39. The number of nitrogens with one attached hydrogen (secondary N) is 1. The number of hydrogen-bond donors (Lipinski definition) is 3. The van der Waals surface area contributed by atoms with Gasteiger partial charge < -0.3 is 30.7 Å². The van der Waals surface area contributed by atoms with Crippen molar-refractivity contribution in [1.82, 2.24) is 25.0 Å². The number of rotatable bonds is 12. The molecular weight excluding hydrogens is 588 g/mol. The third kappa shape index (κ3) is 8.51. The predicted molar refractivity (Wildman–Crippen MR) is 180 cm³/mol. The fourth-order valence-electron chi connectivity index (χ4n) is 6.82. The number of aromatic nitrogens is 1. The minimum Gasteiger partial charge on any atom is -0.496 e. The monoisotopic (exact) mass is 636 g/mol. The molecular formula is C34H48N6O4S. The molecule has 0 saturated carbocycles. The normalized spacial score (nSPS) is 21.2. The van der Waals surface area contributed by atoms with Gasteiger partial charge in [0.2, 0.25) is 11.8 Å². The van der Waals surface area contributed by atoms with Crippen LogP contribution in [0.4, 0.5) is 0 Å². The Hall–Kier alpha value is -3.28. The lowest BCUT2D eigenvalue weighted by Crippen LogP contribution is -2.44. The van der Waals surface area contributed by atoms with Gasteiger partial charge in [0.25, 0.3) is 0 Å². The van der Waals surface area contributed by atoms with Crippen molar-refractivity contribution in [2.45, 2.75) is 69.4 Å². The van der Waals surface area contributed by atoms with Gasteiger partial charge >= 0.3 is 0 Å². The Morgan fingerprint density at radius 2 is 2.00 bits per heavy atom. The molecule has 1 aromatic heterocycles. The molecule has 3 aliphatic heterocycles. The fourth-order valence-corrected chi connectivity index (χ4v) is 7.58. The average Bonchev–Trinajstić information content (AvgIpc) is 3.31. The van der Waals surface area contributed by atoms with E-state index in [-0.39, 0.29) is 36.3 Å². The quantitative estimate of drug-likeness (QED) is 0.319. The number of pyridine rings is 1. The summed E-state index contributed by atoms with van der Waals surface area (Å²) in [5.74, 6) is 1.22. The molecule has 0 bridgehead atoms. The van der Waals surface area contributed by atoms with Crippen LogP contribution in [-0.4, -0.2) is 102 Å². The minimum absolute atomic E-state index is 0.0717. The van der Waals surface area contributed by atoms with Crippen LogP contribution in [-0.2, 0) is 9.59 Å². The average molecular weight is 637 g/mol. The van der Waals surface area contributed by atoms with Gasteiger partial charge in [0.05, 0.1) is 29.8 Å². The zero-order valence-corrected chi connectivity index (χ0v) is 27.3. The Morgan fingerprint density at radius 3 is 2.76 bits per heavy atom. The van der Waals surface area contributed by atoms with Crippen molar-refractivity contribution >= 4 is 34.5 Å². The largest absolute Gasteiger partial charge is 0.496 e. The number of likely N-dealkylation sites (tertiary alicyclic amines) is 3. The highest BCUT2D eigenvalue weighted by atomic mass is 32.2. The number of aliphatic hydroxyl groups excluding tert-OH is 1. The number of piperidine rings is 1. The number of fused-ring (bicyclic) bond motifs is 1. The first kappa shape index (κ1) is 33.1. The lowest BCUT2D eigenvalue weighted by molar-refractivity contribution is -0.128. The van der Waals surface area contributed by atoms with E-state index in [1.807, 2.05) is 28.6 Å². The first-order chi connectivity index (χ1) is 21.8. The molecule has 3 saturated heterocycles. The van der Waals surface area contributed by atoms with Crippen LogP contribution in [0.3, 0.4) is 0 Å². The maximum Gasteiger partial charge on any atom is 0.222 e. The van der Waals surface area contributed by atoms with E-state index < -0.39 is 0 Å². The van der Waals surface area contributed by atoms with Crippen LogP contribution < -0.4 is 15.8 Å². The number of thioether (sulfide) groups is 1. The Kier molecular flexibility index (Phi) is 11.6. The smallest absolute Gasteiger partial charge is 0.222 e. The third-order valence-electron chi connectivity index (χ3n) is 9.39. The number of amides is 2. The first-order valence-electron chi connectivity index (χ1n) is 16.3. The van der Waals surface area contributed by atoms with Gasteiger partial charge in [-0.15, -0.1) is 0 Å². The fraction of sp³-hybridized carbons (Fsp3) is 0.559. The molecule has 10 nitrogen and oxygen atoms in total. The molecule has 4 heterocycles. The summed E-state index contributed by atoms with van der Waals surface area (Å²) < 4.78 is 5.81. The lowest BCUT2D eigenvalue weighted by atomic mass is 9.89. The Labute approximate surface area is 271 Å². The number of benzene rings is 1. The zero-order valence-electron chi connectivity index (χ0n) is 26.5. The number of ether oxygens (including phenoxy) is 1. The number of nitrogens with zero attached hydrogens (tertiary/aromatic N) is 4. The molecule has 5 rings (SSSR count). The van der Waals surface area contributed by atoms with E-state index in [0.29, 0.717) is 25.2 Å². The predicted octanol–water partition coefficient (Wildman–Crippen LogP) is 3.77. The maximum atomic E-state index is 13.3. The Morgan fingerprint density at radius 1 is 1.18 bits per heavy atom. The van der Waals surface area contributed by atoms with Crippen LogP contribution in [0.25, 0.3) is 10.9 Å². The standard InChI is InChI=1S/C34H48N6O4S/c1-24(38-19-12-27(41)13-20-38)45-23-28(35)29(22-31(42)36-15-21-40-17-5-8-32(40)43)39-16-4-7-25(11-18-39)33-30(44-2)10-9-26-6-3-14-37-34(26)33/h3,6,9-10,14,23,25,27,29,41H,1,4-5,7-8,11-13,15-22,35H2,2H3,(H,36,42)/b28-23-. The lowest BCUT2D eigenvalue weighted by Gasteiger charge is -2.33. The van der Waals surface area contributed by atoms with E-state index in [9.17, 15) is 14.7 Å². The summed E-state index contributed by atoms with van der Waals surface area (Å²) in [6, 6.07) is 7.88. The second-order valence-electron chi connectivity index (χ2n) is 12.3. The van der Waals surface area contributed by atoms with E-state index >= 15 is 0 Å². The minimum atomic E-state index is -0.270. The number of hydrogen-bond acceptors (Lipinski definition) is 9. The molecule has 45 heavy (non-hydrogen) atoms. The van der Waals surface area contributed by atoms with Gasteiger partial charge in [-0.25, -0.2) is 0 Å². The van der Waals surface area contributed by atoms with Crippen molar-refractivity contribution in [2.75, 3.05) is 52.9 Å². The van der Waals surface area contributed by atoms with Gasteiger partial charge in [0, 0.05) is 68.4 Å². The third-order valence-corrected chi connectivity index (χ3v) is 10.3. The van der Waals surface area contributed by atoms with Crippen LogP contribution in [0.1, 0.15) is 62.8 Å². The molecule has 2 amide bonds. The number of carbonyl (C=O) groups excluding carboxylic acids is 2. The molecule has 244 valence electrons. The van der Waals surface area contributed by atoms with E-state index in [1.165, 1.54) is 11.8 Å². The zero-order chi connectivity index (χ0) is 31.8. The second-order valence-corrected chi connectivity index (χ2v) is 13.3. The van der Waals surface area contributed by atoms with E-state index in [4.69, 9.17) is 15.5 Å². The molecule has 11 heteroatoms. The summed E-state index contributed by atoms with van der Waals surface area (Å²) >= 11 is 1.49. The number of methoxy groups -OCH3 is 1. The molecule has 2 aromatic rings.